The van der Waals surface area contributed by atoms with Gasteiger partial charge in [-0.15, -0.1) is 0 Å². The second-order valence-electron chi connectivity index (χ2n) is 4.77. The average molecular weight is 326 g/mol. The largest absolute Gasteiger partial charge is 0.354 e. The van der Waals surface area contributed by atoms with E-state index in [1.54, 1.807) is 31.2 Å². The van der Waals surface area contributed by atoms with Crippen molar-refractivity contribution >= 4 is 29.3 Å². The lowest BCUT2D eigenvalue weighted by Crippen LogP contribution is -2.48. The summed E-state index contributed by atoms with van der Waals surface area (Å²) in [6.07, 6.45) is 0.823. The Morgan fingerprint density at radius 3 is 2.36 bits per heavy atom. The average Bonchev–Trinajstić information content (AvgIpc) is 2.50. The van der Waals surface area contributed by atoms with Crippen LogP contribution in [0, 0.1) is 0 Å². The first-order valence-electron chi connectivity index (χ1n) is 7.05. The van der Waals surface area contributed by atoms with E-state index in [1.165, 1.54) is 0 Å². The van der Waals surface area contributed by atoms with Gasteiger partial charge in [0.15, 0.2) is 0 Å². The summed E-state index contributed by atoms with van der Waals surface area (Å²) in [5.74, 6) is -1.06. The van der Waals surface area contributed by atoms with Crippen LogP contribution in [-0.2, 0) is 9.59 Å². The Kier molecular flexibility index (Phi) is 7.39. The first-order chi connectivity index (χ1) is 10.4. The summed E-state index contributed by atoms with van der Waals surface area (Å²) in [6, 6.07) is 5.67. The number of hydrogen-bond donors (Lipinski definition) is 3. The maximum atomic E-state index is 11.8. The summed E-state index contributed by atoms with van der Waals surface area (Å²) in [5, 5.41) is 8.21. The van der Waals surface area contributed by atoms with Gasteiger partial charge in [-0.05, 0) is 37.6 Å². The fourth-order valence-corrected chi connectivity index (χ4v) is 1.75. The van der Waals surface area contributed by atoms with Crippen molar-refractivity contribution in [2.24, 2.45) is 0 Å². The highest BCUT2D eigenvalue weighted by molar-refractivity contribution is 6.30. The molecule has 120 valence electrons. The summed E-state index contributed by atoms with van der Waals surface area (Å²) in [4.78, 5) is 35.1. The van der Waals surface area contributed by atoms with Crippen LogP contribution in [0.2, 0.25) is 5.02 Å². The predicted molar refractivity (Wildman–Crippen MR) is 84.7 cm³/mol. The van der Waals surface area contributed by atoms with E-state index in [1.807, 2.05) is 6.92 Å². The molecule has 22 heavy (non-hydrogen) atoms. The van der Waals surface area contributed by atoms with Gasteiger partial charge in [0.05, 0.1) is 6.54 Å². The van der Waals surface area contributed by atoms with E-state index >= 15 is 0 Å². The van der Waals surface area contributed by atoms with Crippen molar-refractivity contribution in [2.45, 2.75) is 26.3 Å². The van der Waals surface area contributed by atoms with Crippen LogP contribution in [0.5, 0.6) is 0 Å². The van der Waals surface area contributed by atoms with Crippen LogP contribution in [0.3, 0.4) is 0 Å². The molecule has 0 radical (unpaired) electrons. The molecule has 0 bridgehead atoms. The molecule has 0 aliphatic carbocycles. The van der Waals surface area contributed by atoms with Gasteiger partial charge in [0.1, 0.15) is 6.04 Å². The van der Waals surface area contributed by atoms with Gasteiger partial charge in [0, 0.05) is 17.1 Å². The second kappa shape index (κ2) is 9.04. The molecule has 0 heterocycles. The summed E-state index contributed by atoms with van der Waals surface area (Å²) < 4.78 is 0. The Balaban J connectivity index is 2.37. The molecule has 0 spiro atoms. The van der Waals surface area contributed by atoms with E-state index in [-0.39, 0.29) is 18.4 Å². The highest BCUT2D eigenvalue weighted by Gasteiger charge is 2.15. The molecule has 1 aromatic rings. The Hall–Kier alpha value is -2.08. The van der Waals surface area contributed by atoms with Gasteiger partial charge >= 0.3 is 0 Å². The van der Waals surface area contributed by atoms with Crippen molar-refractivity contribution in [3.63, 3.8) is 0 Å². The number of hydrogen-bond acceptors (Lipinski definition) is 3. The van der Waals surface area contributed by atoms with Gasteiger partial charge in [-0.25, -0.2) is 0 Å². The van der Waals surface area contributed by atoms with Crippen LogP contribution in [0.25, 0.3) is 0 Å². The van der Waals surface area contributed by atoms with E-state index in [0.717, 1.165) is 6.42 Å². The molecule has 1 aromatic carbocycles. The molecule has 1 atom stereocenters. The first kappa shape index (κ1) is 18.0. The monoisotopic (exact) mass is 325 g/mol. The van der Waals surface area contributed by atoms with Crippen LogP contribution in [0.4, 0.5) is 0 Å². The molecular weight excluding hydrogens is 306 g/mol. The molecule has 1 rings (SSSR count). The minimum Gasteiger partial charge on any atom is -0.354 e. The topological polar surface area (TPSA) is 87.3 Å². The van der Waals surface area contributed by atoms with Crippen molar-refractivity contribution < 1.29 is 14.4 Å². The molecule has 7 heteroatoms. The normalized spacial score (nSPS) is 11.4. The Morgan fingerprint density at radius 2 is 1.77 bits per heavy atom. The highest BCUT2D eigenvalue weighted by atomic mass is 35.5. The molecule has 0 fully saturated rings. The van der Waals surface area contributed by atoms with Gasteiger partial charge in [-0.2, -0.15) is 0 Å². The Labute approximate surface area is 134 Å². The minimum absolute atomic E-state index is 0.202. The minimum atomic E-state index is -0.647. The van der Waals surface area contributed by atoms with Crippen molar-refractivity contribution in [1.29, 1.82) is 0 Å². The smallest absolute Gasteiger partial charge is 0.251 e. The lowest BCUT2D eigenvalue weighted by atomic mass is 10.2. The third-order valence-corrected chi connectivity index (χ3v) is 3.09. The maximum Gasteiger partial charge on any atom is 0.251 e. The van der Waals surface area contributed by atoms with Crippen LogP contribution in [0.1, 0.15) is 30.6 Å². The number of benzene rings is 1. The third kappa shape index (κ3) is 6.13. The van der Waals surface area contributed by atoms with E-state index in [4.69, 9.17) is 11.6 Å². The summed E-state index contributed by atoms with van der Waals surface area (Å²) in [6.45, 7) is 3.89. The quantitative estimate of drug-likeness (QED) is 0.701. The van der Waals surface area contributed by atoms with Crippen molar-refractivity contribution in [2.75, 3.05) is 13.1 Å². The van der Waals surface area contributed by atoms with Gasteiger partial charge in [0.25, 0.3) is 5.91 Å². The zero-order valence-electron chi connectivity index (χ0n) is 12.6. The van der Waals surface area contributed by atoms with Crippen LogP contribution in [-0.4, -0.2) is 36.9 Å². The standard InChI is InChI=1S/C15H20ClN3O3/c1-3-8-17-14(21)10(2)19-13(20)9-18-15(22)11-4-6-12(16)7-5-11/h4-7,10H,3,8-9H2,1-2H3,(H,17,21)(H,18,22)(H,19,20)/t10-/m1/s1. The zero-order valence-corrected chi connectivity index (χ0v) is 13.4. The van der Waals surface area contributed by atoms with Crippen molar-refractivity contribution in [1.82, 2.24) is 16.0 Å². The van der Waals surface area contributed by atoms with Gasteiger partial charge in [0.2, 0.25) is 11.8 Å². The van der Waals surface area contributed by atoms with E-state index in [9.17, 15) is 14.4 Å². The molecule has 3 N–H and O–H groups in total. The molecule has 0 aliphatic heterocycles. The SMILES string of the molecule is CCCNC(=O)[C@@H](C)NC(=O)CNC(=O)c1ccc(Cl)cc1. The number of carbonyl (C=O) groups excluding carboxylic acids is 3. The van der Waals surface area contributed by atoms with Crippen LogP contribution < -0.4 is 16.0 Å². The van der Waals surface area contributed by atoms with Crippen LogP contribution in [0.15, 0.2) is 24.3 Å². The lowest BCUT2D eigenvalue weighted by Gasteiger charge is -2.14. The molecule has 6 nitrogen and oxygen atoms in total. The Morgan fingerprint density at radius 1 is 1.14 bits per heavy atom. The fraction of sp³-hybridized carbons (Fsp3) is 0.400. The number of amides is 3. The maximum absolute atomic E-state index is 11.8. The Bertz CT molecular complexity index is 531. The molecule has 0 aliphatic rings. The highest BCUT2D eigenvalue weighted by Crippen LogP contribution is 2.09. The summed E-state index contributed by atoms with van der Waals surface area (Å²) in [5.41, 5.74) is 0.408. The molecule has 0 unspecified atom stereocenters. The lowest BCUT2D eigenvalue weighted by molar-refractivity contribution is -0.128. The predicted octanol–water partition coefficient (Wildman–Crippen LogP) is 1.10. The van der Waals surface area contributed by atoms with Crippen molar-refractivity contribution in [3.8, 4) is 0 Å². The molecule has 3 amide bonds. The third-order valence-electron chi connectivity index (χ3n) is 2.84. The second-order valence-corrected chi connectivity index (χ2v) is 5.21. The molecular formula is C15H20ClN3O3. The fourth-order valence-electron chi connectivity index (χ4n) is 1.62. The van der Waals surface area contributed by atoms with E-state index in [0.29, 0.717) is 17.1 Å². The van der Waals surface area contributed by atoms with E-state index in [2.05, 4.69) is 16.0 Å². The summed E-state index contributed by atoms with van der Waals surface area (Å²) >= 11 is 5.73. The number of rotatable bonds is 7. The van der Waals surface area contributed by atoms with Crippen molar-refractivity contribution in [3.05, 3.63) is 34.9 Å². The zero-order chi connectivity index (χ0) is 16.5. The molecule has 0 saturated carbocycles. The van der Waals surface area contributed by atoms with Crippen LogP contribution >= 0.6 is 11.6 Å². The number of carbonyl (C=O) groups is 3. The van der Waals surface area contributed by atoms with Gasteiger partial charge in [-0.1, -0.05) is 18.5 Å². The summed E-state index contributed by atoms with van der Waals surface area (Å²) in [7, 11) is 0. The van der Waals surface area contributed by atoms with Gasteiger partial charge < -0.3 is 16.0 Å². The molecule has 0 aromatic heterocycles. The van der Waals surface area contributed by atoms with E-state index < -0.39 is 11.9 Å². The first-order valence-corrected chi connectivity index (χ1v) is 7.42. The molecule has 0 saturated heterocycles. The van der Waals surface area contributed by atoms with Gasteiger partial charge in [-0.3, -0.25) is 14.4 Å². The number of halogens is 1. The number of nitrogens with one attached hydrogen (secondary N) is 3.